The third kappa shape index (κ3) is 7.09. The Morgan fingerprint density at radius 3 is 2.07 bits per heavy atom. The van der Waals surface area contributed by atoms with E-state index in [1.165, 1.54) is 37.8 Å². The van der Waals surface area contributed by atoms with Gasteiger partial charge in [0.25, 0.3) is 5.91 Å². The van der Waals surface area contributed by atoms with Gasteiger partial charge in [-0.3, -0.25) is 9.69 Å². The molecule has 42 heavy (non-hydrogen) atoms. The maximum absolute atomic E-state index is 13.3. The van der Waals surface area contributed by atoms with Gasteiger partial charge < -0.3 is 19.4 Å². The van der Waals surface area contributed by atoms with Gasteiger partial charge in [0.05, 0.1) is 24.3 Å². The number of carbonyl (C=O) groups is 2. The van der Waals surface area contributed by atoms with Crippen LogP contribution < -0.4 is 0 Å². The molecule has 2 saturated heterocycles. The SMILES string of the molecule is CN(C(=O)c1ccc(-c2ccc(C(F)(F)F)cc2)cc1)C1CCN(C(=O)N(C)C2CCN(CCOC3CCCC3)C2)C1. The number of ether oxygens (including phenoxy) is 1. The van der Waals surface area contributed by atoms with E-state index in [-0.39, 0.29) is 24.0 Å². The van der Waals surface area contributed by atoms with E-state index in [4.69, 9.17) is 4.74 Å². The molecule has 5 rings (SSSR count). The highest BCUT2D eigenvalue weighted by atomic mass is 19.4. The molecule has 0 radical (unpaired) electrons. The summed E-state index contributed by atoms with van der Waals surface area (Å²) in [6.07, 6.45) is 2.60. The van der Waals surface area contributed by atoms with Gasteiger partial charge in [0.2, 0.25) is 0 Å². The van der Waals surface area contributed by atoms with Gasteiger partial charge in [-0.15, -0.1) is 0 Å². The van der Waals surface area contributed by atoms with Gasteiger partial charge in [-0.05, 0) is 61.1 Å². The summed E-state index contributed by atoms with van der Waals surface area (Å²) in [6, 6.07) is 12.0. The Bertz CT molecular complexity index is 1220. The average Bonchev–Trinajstić information content (AvgIpc) is 3.78. The standard InChI is InChI=1S/C32H41F3N4O3/c1-36(30(40)25-9-7-23(8-10-25)24-11-13-26(14-12-24)32(33,34)35)28-16-18-39(22-28)31(41)37(2)27-15-17-38(21-27)19-20-42-29-5-3-4-6-29/h7-14,27-29H,3-6,15-22H2,1-2H3. The summed E-state index contributed by atoms with van der Waals surface area (Å²) in [4.78, 5) is 34.3. The Morgan fingerprint density at radius 2 is 1.43 bits per heavy atom. The van der Waals surface area contributed by atoms with Gasteiger partial charge in [0, 0.05) is 58.4 Å². The van der Waals surface area contributed by atoms with E-state index < -0.39 is 11.7 Å². The van der Waals surface area contributed by atoms with Crippen LogP contribution in [0.2, 0.25) is 0 Å². The monoisotopic (exact) mass is 586 g/mol. The molecule has 2 atom stereocenters. The van der Waals surface area contributed by atoms with Gasteiger partial charge in [0.15, 0.2) is 0 Å². The molecule has 3 aliphatic rings. The predicted octanol–water partition coefficient (Wildman–Crippen LogP) is 5.60. The van der Waals surface area contributed by atoms with Crippen LogP contribution in [-0.2, 0) is 10.9 Å². The molecule has 10 heteroatoms. The van der Waals surface area contributed by atoms with Gasteiger partial charge >= 0.3 is 12.2 Å². The van der Waals surface area contributed by atoms with E-state index in [9.17, 15) is 22.8 Å². The Labute approximate surface area is 246 Å². The smallest absolute Gasteiger partial charge is 0.377 e. The van der Waals surface area contributed by atoms with E-state index >= 15 is 0 Å². The predicted molar refractivity (Wildman–Crippen MR) is 155 cm³/mol. The number of likely N-dealkylation sites (tertiary alicyclic amines) is 2. The van der Waals surface area contributed by atoms with Gasteiger partial charge in [-0.1, -0.05) is 37.1 Å². The molecule has 2 heterocycles. The normalized spacial score (nSPS) is 21.7. The fourth-order valence-corrected chi connectivity index (χ4v) is 6.37. The number of rotatable bonds is 8. The lowest BCUT2D eigenvalue weighted by Gasteiger charge is -2.30. The Kier molecular flexibility index (Phi) is 9.42. The van der Waals surface area contributed by atoms with Crippen LogP contribution in [0.4, 0.5) is 18.0 Å². The average molecular weight is 587 g/mol. The fraction of sp³-hybridized carbons (Fsp3) is 0.562. The van der Waals surface area contributed by atoms with Crippen molar-refractivity contribution in [3.63, 3.8) is 0 Å². The molecule has 3 amide bonds. The van der Waals surface area contributed by atoms with Gasteiger partial charge in [0.1, 0.15) is 0 Å². The van der Waals surface area contributed by atoms with Crippen molar-refractivity contribution in [2.75, 3.05) is 53.4 Å². The maximum atomic E-state index is 13.3. The first-order chi connectivity index (χ1) is 20.1. The molecule has 0 bridgehead atoms. The summed E-state index contributed by atoms with van der Waals surface area (Å²) in [5.41, 5.74) is 1.18. The van der Waals surface area contributed by atoms with E-state index in [0.29, 0.717) is 36.7 Å². The Morgan fingerprint density at radius 1 is 0.833 bits per heavy atom. The Balaban J connectivity index is 1.09. The number of benzene rings is 2. The molecule has 7 nitrogen and oxygen atoms in total. The largest absolute Gasteiger partial charge is 0.416 e. The summed E-state index contributed by atoms with van der Waals surface area (Å²) < 4.78 is 44.6. The van der Waals surface area contributed by atoms with Crippen LogP contribution in [0.5, 0.6) is 0 Å². The highest BCUT2D eigenvalue weighted by Crippen LogP contribution is 2.31. The summed E-state index contributed by atoms with van der Waals surface area (Å²) in [5, 5.41) is 0. The number of halogens is 3. The number of carbonyl (C=O) groups excluding carboxylic acids is 2. The first-order valence-corrected chi connectivity index (χ1v) is 15.0. The van der Waals surface area contributed by atoms with Crippen molar-refractivity contribution in [1.82, 2.24) is 19.6 Å². The zero-order valence-corrected chi connectivity index (χ0v) is 24.5. The van der Waals surface area contributed by atoms with Crippen molar-refractivity contribution >= 4 is 11.9 Å². The number of amides is 3. The number of nitrogens with zero attached hydrogens (tertiary/aromatic N) is 4. The van der Waals surface area contributed by atoms with E-state index in [2.05, 4.69) is 4.90 Å². The maximum Gasteiger partial charge on any atom is 0.416 e. The molecule has 0 aromatic heterocycles. The van der Waals surface area contributed by atoms with Gasteiger partial charge in [-0.25, -0.2) is 4.79 Å². The quantitative estimate of drug-likeness (QED) is 0.404. The number of likely N-dealkylation sites (N-methyl/N-ethyl adjacent to an activating group) is 2. The summed E-state index contributed by atoms with van der Waals surface area (Å²) in [7, 11) is 3.64. The zero-order valence-electron chi connectivity index (χ0n) is 24.5. The van der Waals surface area contributed by atoms with Crippen LogP contribution in [-0.4, -0.2) is 103 Å². The number of urea groups is 1. The molecule has 1 aliphatic carbocycles. The Hall–Kier alpha value is -3.11. The van der Waals surface area contributed by atoms with Crippen molar-refractivity contribution in [3.8, 4) is 11.1 Å². The lowest BCUT2D eigenvalue weighted by atomic mass is 10.0. The molecule has 3 fully saturated rings. The lowest BCUT2D eigenvalue weighted by Crippen LogP contribution is -2.47. The van der Waals surface area contributed by atoms with Crippen LogP contribution in [0.25, 0.3) is 11.1 Å². The summed E-state index contributed by atoms with van der Waals surface area (Å²) >= 11 is 0. The van der Waals surface area contributed by atoms with Crippen molar-refractivity contribution in [2.45, 2.75) is 62.9 Å². The van der Waals surface area contributed by atoms with Gasteiger partial charge in [-0.2, -0.15) is 13.2 Å². The second kappa shape index (κ2) is 13.0. The molecule has 2 aromatic rings. The van der Waals surface area contributed by atoms with Crippen LogP contribution in [0.3, 0.4) is 0 Å². The van der Waals surface area contributed by atoms with E-state index in [0.717, 1.165) is 50.4 Å². The molecule has 1 saturated carbocycles. The first kappa shape index (κ1) is 30.4. The van der Waals surface area contributed by atoms with Crippen LogP contribution in [0.15, 0.2) is 48.5 Å². The molecule has 2 unspecified atom stereocenters. The topological polar surface area (TPSA) is 56.3 Å². The highest BCUT2D eigenvalue weighted by Gasteiger charge is 2.36. The van der Waals surface area contributed by atoms with Crippen LogP contribution >= 0.6 is 0 Å². The number of hydrogen-bond acceptors (Lipinski definition) is 4. The van der Waals surface area contributed by atoms with E-state index in [1.807, 2.05) is 16.8 Å². The molecule has 2 aromatic carbocycles. The molecular formula is C32H41F3N4O3. The molecule has 0 N–H and O–H groups in total. The minimum absolute atomic E-state index is 0.00768. The third-order valence-electron chi connectivity index (χ3n) is 9.14. The van der Waals surface area contributed by atoms with Crippen LogP contribution in [0.1, 0.15) is 54.4 Å². The molecule has 228 valence electrons. The lowest BCUT2D eigenvalue weighted by molar-refractivity contribution is -0.137. The number of alkyl halides is 3. The van der Waals surface area contributed by atoms with Crippen molar-refractivity contribution < 1.29 is 27.5 Å². The van der Waals surface area contributed by atoms with Crippen molar-refractivity contribution in [2.24, 2.45) is 0 Å². The zero-order chi connectivity index (χ0) is 29.9. The summed E-state index contributed by atoms with van der Waals surface area (Å²) in [6.45, 7) is 4.56. The minimum Gasteiger partial charge on any atom is -0.377 e. The second-order valence-electron chi connectivity index (χ2n) is 11.9. The fourth-order valence-electron chi connectivity index (χ4n) is 6.37. The highest BCUT2D eigenvalue weighted by molar-refractivity contribution is 5.95. The van der Waals surface area contributed by atoms with Crippen molar-refractivity contribution in [1.29, 1.82) is 0 Å². The van der Waals surface area contributed by atoms with Crippen LogP contribution in [0, 0.1) is 0 Å². The van der Waals surface area contributed by atoms with E-state index in [1.54, 1.807) is 36.2 Å². The minimum atomic E-state index is -4.38. The molecular weight excluding hydrogens is 545 g/mol. The molecule has 2 aliphatic heterocycles. The third-order valence-corrected chi connectivity index (χ3v) is 9.14. The van der Waals surface area contributed by atoms with Crippen molar-refractivity contribution in [3.05, 3.63) is 59.7 Å². The second-order valence-corrected chi connectivity index (χ2v) is 11.9. The first-order valence-electron chi connectivity index (χ1n) is 15.0. The molecule has 0 spiro atoms. The number of hydrogen-bond donors (Lipinski definition) is 0. The summed E-state index contributed by atoms with van der Waals surface area (Å²) in [5.74, 6) is -0.145.